The smallest absolute Gasteiger partial charge is 0.186 e. The number of hydrogen-bond donors (Lipinski definition) is 0. The van der Waals surface area contributed by atoms with Crippen molar-refractivity contribution < 1.29 is 0 Å². The predicted octanol–water partition coefficient (Wildman–Crippen LogP) is 4.31. The van der Waals surface area contributed by atoms with E-state index >= 15 is 0 Å². The van der Waals surface area contributed by atoms with Crippen LogP contribution in [0.3, 0.4) is 0 Å². The lowest BCUT2D eigenvalue weighted by Crippen LogP contribution is -2.37. The summed E-state index contributed by atoms with van der Waals surface area (Å²) in [6.45, 7) is 4.76. The third-order valence-corrected chi connectivity index (χ3v) is 5.26. The van der Waals surface area contributed by atoms with Crippen molar-refractivity contribution in [3.05, 3.63) is 9.98 Å². The summed E-state index contributed by atoms with van der Waals surface area (Å²) in [7, 11) is 2.17. The summed E-state index contributed by atoms with van der Waals surface area (Å²) in [5, 5.41) is 3.19. The minimum Gasteiger partial charge on any atom is -0.348 e. The van der Waals surface area contributed by atoms with Gasteiger partial charge in [0.15, 0.2) is 5.13 Å². The van der Waals surface area contributed by atoms with Crippen molar-refractivity contribution in [2.75, 3.05) is 11.9 Å². The van der Waals surface area contributed by atoms with Crippen LogP contribution in [0.5, 0.6) is 0 Å². The van der Waals surface area contributed by atoms with Crippen molar-refractivity contribution in [3.63, 3.8) is 0 Å². The molecule has 1 saturated carbocycles. The van der Waals surface area contributed by atoms with E-state index in [1.54, 1.807) is 11.3 Å². The summed E-state index contributed by atoms with van der Waals surface area (Å²) >= 11 is 5.13. The molecule has 4 heteroatoms. The number of anilines is 1. The molecule has 0 N–H and O–H groups in total. The molecule has 90 valence electrons. The van der Waals surface area contributed by atoms with Gasteiger partial charge in [-0.1, -0.05) is 13.8 Å². The minimum absolute atomic E-state index is 0.542. The van der Waals surface area contributed by atoms with E-state index in [9.17, 15) is 0 Å². The van der Waals surface area contributed by atoms with Crippen LogP contribution in [-0.2, 0) is 0 Å². The summed E-state index contributed by atoms with van der Waals surface area (Å²) in [6, 6.07) is 0.672. The van der Waals surface area contributed by atoms with E-state index in [4.69, 9.17) is 0 Å². The van der Waals surface area contributed by atoms with Gasteiger partial charge >= 0.3 is 0 Å². The van der Waals surface area contributed by atoms with E-state index in [1.165, 1.54) is 25.7 Å². The van der Waals surface area contributed by atoms with Crippen LogP contribution < -0.4 is 4.90 Å². The first kappa shape index (κ1) is 12.4. The van der Waals surface area contributed by atoms with E-state index in [1.807, 2.05) is 0 Å². The molecule has 1 aromatic heterocycles. The number of nitrogens with zero attached hydrogens (tertiary/aromatic N) is 2. The number of rotatable bonds is 2. The third-order valence-electron chi connectivity index (χ3n) is 3.62. The zero-order valence-corrected chi connectivity index (χ0v) is 12.6. The summed E-state index contributed by atoms with van der Waals surface area (Å²) in [4.78, 5) is 6.84. The molecular formula is C12H19BrN2S. The van der Waals surface area contributed by atoms with E-state index in [0.717, 1.165) is 9.73 Å². The van der Waals surface area contributed by atoms with E-state index in [-0.39, 0.29) is 0 Å². The van der Waals surface area contributed by atoms with Gasteiger partial charge in [0.25, 0.3) is 0 Å². The molecule has 1 heterocycles. The summed E-state index contributed by atoms with van der Waals surface area (Å²) in [5.74, 6) is 0. The van der Waals surface area contributed by atoms with Crippen molar-refractivity contribution in [1.82, 2.24) is 4.98 Å². The van der Waals surface area contributed by atoms with Gasteiger partial charge in [-0.05, 0) is 47.0 Å². The van der Waals surface area contributed by atoms with E-state index < -0.39 is 0 Å². The second-order valence-corrected chi connectivity index (χ2v) is 7.11. The highest BCUT2D eigenvalue weighted by Crippen LogP contribution is 2.38. The van der Waals surface area contributed by atoms with Crippen LogP contribution in [0.2, 0.25) is 0 Å². The van der Waals surface area contributed by atoms with Crippen LogP contribution in [0.4, 0.5) is 5.13 Å². The number of thiazole rings is 1. The van der Waals surface area contributed by atoms with Gasteiger partial charge in [-0.3, -0.25) is 0 Å². The van der Waals surface area contributed by atoms with Crippen LogP contribution in [0.1, 0.15) is 39.5 Å². The van der Waals surface area contributed by atoms with Gasteiger partial charge in [-0.15, -0.1) is 11.3 Å². The molecule has 0 unspecified atom stereocenters. The zero-order chi connectivity index (χ0) is 11.8. The first-order valence-corrected chi connectivity index (χ1v) is 7.49. The van der Waals surface area contributed by atoms with Gasteiger partial charge in [-0.2, -0.15) is 0 Å². The monoisotopic (exact) mass is 302 g/mol. The predicted molar refractivity (Wildman–Crippen MR) is 74.3 cm³/mol. The Bertz CT molecular complexity index is 352. The Labute approximate surface area is 110 Å². The molecule has 0 saturated heterocycles. The summed E-state index contributed by atoms with van der Waals surface area (Å²) < 4.78 is 0.954. The molecule has 0 spiro atoms. The van der Waals surface area contributed by atoms with Crippen LogP contribution in [-0.4, -0.2) is 18.1 Å². The Morgan fingerprint density at radius 1 is 1.44 bits per heavy atom. The van der Waals surface area contributed by atoms with Crippen molar-refractivity contribution in [1.29, 1.82) is 0 Å². The van der Waals surface area contributed by atoms with Crippen LogP contribution in [0.25, 0.3) is 0 Å². The fourth-order valence-corrected chi connectivity index (χ4v) is 3.62. The van der Waals surface area contributed by atoms with Crippen LogP contribution in [0.15, 0.2) is 9.98 Å². The maximum absolute atomic E-state index is 4.48. The first-order chi connectivity index (χ1) is 7.48. The molecule has 0 radical (unpaired) electrons. The average Bonchev–Trinajstić information content (AvgIpc) is 2.64. The molecule has 1 aliphatic rings. The fourth-order valence-electron chi connectivity index (χ4n) is 2.33. The van der Waals surface area contributed by atoms with Crippen molar-refractivity contribution in [2.45, 2.75) is 45.6 Å². The average molecular weight is 303 g/mol. The molecule has 0 aromatic carbocycles. The summed E-state index contributed by atoms with van der Waals surface area (Å²) in [5.41, 5.74) is 0.542. The largest absolute Gasteiger partial charge is 0.348 e. The van der Waals surface area contributed by atoms with E-state index in [2.05, 4.69) is 52.1 Å². The Hall–Kier alpha value is -0.0900. The lowest BCUT2D eigenvalue weighted by Gasteiger charge is -2.38. The highest BCUT2D eigenvalue weighted by molar-refractivity contribution is 9.10. The normalized spacial score (nSPS) is 21.0. The fraction of sp³-hybridized carbons (Fsp3) is 0.750. The molecule has 1 aromatic rings. The standard InChI is InChI=1S/C12H19BrN2S/c1-12(2)6-4-9(5-7-12)15(3)11-14-10(13)8-16-11/h8-9H,4-7H2,1-3H3. The Balaban J connectivity index is 1.99. The SMILES string of the molecule is CN(c1nc(Br)cs1)C1CCC(C)(C)CC1. The molecule has 1 fully saturated rings. The number of hydrogen-bond acceptors (Lipinski definition) is 3. The second kappa shape index (κ2) is 4.65. The van der Waals surface area contributed by atoms with Gasteiger partial charge in [0.05, 0.1) is 0 Å². The Kier molecular flexibility index (Phi) is 3.59. The molecule has 0 amide bonds. The lowest BCUT2D eigenvalue weighted by molar-refractivity contribution is 0.222. The quantitative estimate of drug-likeness (QED) is 0.809. The van der Waals surface area contributed by atoms with Gasteiger partial charge in [0.1, 0.15) is 4.60 Å². The molecule has 0 bridgehead atoms. The summed E-state index contributed by atoms with van der Waals surface area (Å²) in [6.07, 6.45) is 5.24. The van der Waals surface area contributed by atoms with Gasteiger partial charge in [0, 0.05) is 18.5 Å². The maximum Gasteiger partial charge on any atom is 0.186 e. The molecule has 0 aliphatic heterocycles. The van der Waals surface area contributed by atoms with Crippen LogP contribution >= 0.6 is 27.3 Å². The first-order valence-electron chi connectivity index (χ1n) is 5.82. The van der Waals surface area contributed by atoms with Crippen molar-refractivity contribution in [2.24, 2.45) is 5.41 Å². The van der Waals surface area contributed by atoms with Gasteiger partial charge in [-0.25, -0.2) is 4.98 Å². The second-order valence-electron chi connectivity index (χ2n) is 5.46. The Morgan fingerprint density at radius 2 is 2.06 bits per heavy atom. The minimum atomic E-state index is 0.542. The van der Waals surface area contributed by atoms with Crippen molar-refractivity contribution in [3.8, 4) is 0 Å². The number of aromatic nitrogens is 1. The Morgan fingerprint density at radius 3 is 2.56 bits per heavy atom. The molecule has 16 heavy (non-hydrogen) atoms. The lowest BCUT2D eigenvalue weighted by atomic mass is 9.75. The van der Waals surface area contributed by atoms with Gasteiger partial charge in [0.2, 0.25) is 0 Å². The van der Waals surface area contributed by atoms with E-state index in [0.29, 0.717) is 11.5 Å². The molecule has 2 nitrogen and oxygen atoms in total. The molecule has 1 aliphatic carbocycles. The molecule has 0 atom stereocenters. The number of halogens is 1. The highest BCUT2D eigenvalue weighted by Gasteiger charge is 2.29. The molecule has 2 rings (SSSR count). The van der Waals surface area contributed by atoms with Gasteiger partial charge < -0.3 is 4.90 Å². The van der Waals surface area contributed by atoms with Crippen LogP contribution in [0, 0.1) is 5.41 Å². The third kappa shape index (κ3) is 2.77. The maximum atomic E-state index is 4.48. The van der Waals surface area contributed by atoms with Crippen molar-refractivity contribution >= 4 is 32.4 Å². The highest BCUT2D eigenvalue weighted by atomic mass is 79.9. The molecular weight excluding hydrogens is 284 g/mol. The topological polar surface area (TPSA) is 16.1 Å². The zero-order valence-electron chi connectivity index (χ0n) is 10.2.